The van der Waals surface area contributed by atoms with Crippen LogP contribution in [0.15, 0.2) is 16.6 Å². The molecule has 0 aliphatic heterocycles. The maximum Gasteiger partial charge on any atom is 0.275 e. The molecule has 1 N–H and O–H groups in total. The van der Waals surface area contributed by atoms with Gasteiger partial charge in [0.2, 0.25) is 0 Å². The number of carbonyl (C=O) groups excluding carboxylic acids is 1. The zero-order chi connectivity index (χ0) is 12.1. The second-order valence-corrected chi connectivity index (χ2v) is 3.62. The van der Waals surface area contributed by atoms with Crippen molar-refractivity contribution in [3.63, 3.8) is 0 Å². The van der Waals surface area contributed by atoms with Gasteiger partial charge in [0.1, 0.15) is 16.0 Å². The summed E-state index contributed by atoms with van der Waals surface area (Å²) in [6.07, 6.45) is 0. The Labute approximate surface area is 102 Å². The van der Waals surface area contributed by atoms with E-state index in [-0.39, 0.29) is 5.91 Å². The van der Waals surface area contributed by atoms with E-state index in [1.807, 2.05) is 0 Å². The van der Waals surface area contributed by atoms with Crippen LogP contribution in [0.2, 0.25) is 0 Å². The molecule has 0 unspecified atom stereocenters. The van der Waals surface area contributed by atoms with E-state index in [0.717, 1.165) is 0 Å². The van der Waals surface area contributed by atoms with E-state index >= 15 is 0 Å². The number of hydrogen-bond acceptors (Lipinski definition) is 4. The van der Waals surface area contributed by atoms with Crippen LogP contribution in [0.5, 0.6) is 11.5 Å². The minimum atomic E-state index is -0.369. The summed E-state index contributed by atoms with van der Waals surface area (Å²) >= 11 is 3.31. The van der Waals surface area contributed by atoms with Crippen LogP contribution in [-0.2, 0) is 4.84 Å². The Kier molecular flexibility index (Phi) is 4.57. The van der Waals surface area contributed by atoms with Gasteiger partial charge in [-0.05, 0) is 28.1 Å². The predicted molar refractivity (Wildman–Crippen MR) is 61.7 cm³/mol. The van der Waals surface area contributed by atoms with Gasteiger partial charge in [0.05, 0.1) is 21.3 Å². The molecule has 1 rings (SSSR count). The van der Waals surface area contributed by atoms with Gasteiger partial charge < -0.3 is 9.47 Å². The summed E-state index contributed by atoms with van der Waals surface area (Å²) in [5.74, 6) is 0.660. The normalized spacial score (nSPS) is 9.75. The van der Waals surface area contributed by atoms with E-state index in [9.17, 15) is 4.79 Å². The summed E-state index contributed by atoms with van der Waals surface area (Å²) < 4.78 is 10.9. The van der Waals surface area contributed by atoms with Gasteiger partial charge in [0, 0.05) is 5.56 Å². The third-order valence-electron chi connectivity index (χ3n) is 1.90. The summed E-state index contributed by atoms with van der Waals surface area (Å²) in [6, 6.07) is 3.17. The molecule has 0 aromatic heterocycles. The molecule has 1 aromatic carbocycles. The van der Waals surface area contributed by atoms with Crippen LogP contribution in [0.1, 0.15) is 10.4 Å². The highest BCUT2D eigenvalue weighted by Crippen LogP contribution is 2.35. The third-order valence-corrected chi connectivity index (χ3v) is 2.68. The van der Waals surface area contributed by atoms with Gasteiger partial charge in [-0.3, -0.25) is 9.63 Å². The monoisotopic (exact) mass is 289 g/mol. The molecule has 5 nitrogen and oxygen atoms in total. The molecule has 0 heterocycles. The smallest absolute Gasteiger partial charge is 0.275 e. The Balaban J connectivity index is 3.16. The van der Waals surface area contributed by atoms with Gasteiger partial charge in [0.25, 0.3) is 5.91 Å². The Hall–Kier alpha value is -1.27. The maximum absolute atomic E-state index is 11.5. The van der Waals surface area contributed by atoms with Crippen molar-refractivity contribution in [2.75, 3.05) is 21.3 Å². The second kappa shape index (κ2) is 5.72. The fourth-order valence-corrected chi connectivity index (χ4v) is 1.70. The quantitative estimate of drug-likeness (QED) is 0.858. The number of nitrogens with one attached hydrogen (secondary N) is 1. The number of carbonyl (C=O) groups is 1. The Bertz CT molecular complexity index is 369. The van der Waals surface area contributed by atoms with Crippen LogP contribution >= 0.6 is 15.9 Å². The molecule has 0 fully saturated rings. The minimum absolute atomic E-state index is 0.369. The number of ether oxygens (including phenoxy) is 2. The summed E-state index contributed by atoms with van der Waals surface area (Å²) in [5.41, 5.74) is 2.61. The van der Waals surface area contributed by atoms with Crippen LogP contribution in [0.4, 0.5) is 0 Å². The van der Waals surface area contributed by atoms with E-state index < -0.39 is 0 Å². The first-order valence-corrected chi connectivity index (χ1v) is 5.18. The molecule has 88 valence electrons. The summed E-state index contributed by atoms with van der Waals surface area (Å²) in [7, 11) is 4.39. The van der Waals surface area contributed by atoms with Crippen LogP contribution in [0.25, 0.3) is 0 Å². The van der Waals surface area contributed by atoms with E-state index in [4.69, 9.17) is 9.47 Å². The number of methoxy groups -OCH3 is 2. The standard InChI is InChI=1S/C10H12BrNO4/c1-14-7-4-6(10(13)12-16-3)5-8(15-2)9(7)11/h4-5H,1-3H3,(H,12,13). The maximum atomic E-state index is 11.5. The Morgan fingerprint density at radius 3 is 2.06 bits per heavy atom. The van der Waals surface area contributed by atoms with Crippen LogP contribution < -0.4 is 15.0 Å². The molecule has 16 heavy (non-hydrogen) atoms. The summed E-state index contributed by atoms with van der Waals surface area (Å²) in [4.78, 5) is 16.1. The lowest BCUT2D eigenvalue weighted by atomic mass is 10.2. The molecule has 1 amide bonds. The molecule has 0 radical (unpaired) electrons. The lowest BCUT2D eigenvalue weighted by molar-refractivity contribution is 0.0537. The fourth-order valence-electron chi connectivity index (χ4n) is 1.15. The molecule has 0 bridgehead atoms. The second-order valence-electron chi connectivity index (χ2n) is 2.83. The van der Waals surface area contributed by atoms with Crippen LogP contribution in [0.3, 0.4) is 0 Å². The predicted octanol–water partition coefficient (Wildman–Crippen LogP) is 1.76. The number of hydrogen-bond donors (Lipinski definition) is 1. The van der Waals surface area contributed by atoms with Crippen molar-refractivity contribution in [2.24, 2.45) is 0 Å². The first kappa shape index (κ1) is 12.8. The average Bonchev–Trinajstić information content (AvgIpc) is 2.29. The molecule has 0 saturated heterocycles. The summed E-state index contributed by atoms with van der Waals surface area (Å²) in [6.45, 7) is 0. The van der Waals surface area contributed by atoms with Crippen molar-refractivity contribution >= 4 is 21.8 Å². The zero-order valence-electron chi connectivity index (χ0n) is 9.17. The van der Waals surface area contributed by atoms with Crippen LogP contribution in [-0.4, -0.2) is 27.2 Å². The number of benzene rings is 1. The molecule has 0 atom stereocenters. The van der Waals surface area contributed by atoms with E-state index in [0.29, 0.717) is 21.5 Å². The van der Waals surface area contributed by atoms with E-state index in [1.54, 1.807) is 12.1 Å². The van der Waals surface area contributed by atoms with Crippen molar-refractivity contribution < 1.29 is 19.1 Å². The first-order valence-electron chi connectivity index (χ1n) is 4.38. The number of amides is 1. The average molecular weight is 290 g/mol. The van der Waals surface area contributed by atoms with Crippen molar-refractivity contribution in [1.82, 2.24) is 5.48 Å². The molecule has 0 aliphatic carbocycles. The zero-order valence-corrected chi connectivity index (χ0v) is 10.8. The van der Waals surface area contributed by atoms with Crippen molar-refractivity contribution in [2.45, 2.75) is 0 Å². The van der Waals surface area contributed by atoms with E-state index in [1.165, 1.54) is 21.3 Å². The van der Waals surface area contributed by atoms with Crippen LogP contribution in [0, 0.1) is 0 Å². The molecule has 0 spiro atoms. The van der Waals surface area contributed by atoms with Gasteiger partial charge in [-0.25, -0.2) is 5.48 Å². The molecule has 0 aliphatic rings. The van der Waals surface area contributed by atoms with Crippen molar-refractivity contribution in [3.05, 3.63) is 22.2 Å². The van der Waals surface area contributed by atoms with Crippen molar-refractivity contribution in [3.8, 4) is 11.5 Å². The highest BCUT2D eigenvalue weighted by atomic mass is 79.9. The Morgan fingerprint density at radius 1 is 1.19 bits per heavy atom. The van der Waals surface area contributed by atoms with Crippen molar-refractivity contribution in [1.29, 1.82) is 0 Å². The third kappa shape index (κ3) is 2.65. The molecule has 1 aromatic rings. The Morgan fingerprint density at radius 2 is 1.69 bits per heavy atom. The largest absolute Gasteiger partial charge is 0.495 e. The van der Waals surface area contributed by atoms with Gasteiger partial charge in [0.15, 0.2) is 0 Å². The van der Waals surface area contributed by atoms with E-state index in [2.05, 4.69) is 26.2 Å². The highest BCUT2D eigenvalue weighted by Gasteiger charge is 2.14. The lowest BCUT2D eigenvalue weighted by Gasteiger charge is -2.10. The highest BCUT2D eigenvalue weighted by molar-refractivity contribution is 9.10. The molecule has 6 heteroatoms. The lowest BCUT2D eigenvalue weighted by Crippen LogP contribution is -2.21. The number of hydroxylamine groups is 1. The van der Waals surface area contributed by atoms with Gasteiger partial charge in [-0.2, -0.15) is 0 Å². The van der Waals surface area contributed by atoms with Gasteiger partial charge in [-0.1, -0.05) is 0 Å². The minimum Gasteiger partial charge on any atom is -0.495 e. The summed E-state index contributed by atoms with van der Waals surface area (Å²) in [5, 5.41) is 0. The molecular weight excluding hydrogens is 278 g/mol. The first-order chi connectivity index (χ1) is 7.63. The van der Waals surface area contributed by atoms with Gasteiger partial charge in [-0.15, -0.1) is 0 Å². The number of rotatable bonds is 4. The fraction of sp³-hybridized carbons (Fsp3) is 0.300. The molecule has 0 saturated carbocycles. The SMILES string of the molecule is CONC(=O)c1cc(OC)c(Br)c(OC)c1. The number of halogens is 1. The molecular formula is C10H12BrNO4. The van der Waals surface area contributed by atoms with Gasteiger partial charge >= 0.3 is 0 Å². The topological polar surface area (TPSA) is 56.8 Å².